The highest BCUT2D eigenvalue weighted by atomic mass is 32.2. The molecule has 2 N–H and O–H groups in total. The molecule has 0 aromatic heterocycles. The number of nitrogens with zero attached hydrogens (tertiary/aromatic N) is 1. The Labute approximate surface area is 123 Å². The summed E-state index contributed by atoms with van der Waals surface area (Å²) in [5.74, 6) is -0.431. The molecule has 0 saturated carbocycles. The third-order valence-electron chi connectivity index (χ3n) is 2.99. The first-order valence-electron chi connectivity index (χ1n) is 6.20. The molecule has 0 heterocycles. The van der Waals surface area contributed by atoms with Gasteiger partial charge in [-0.15, -0.1) is 0 Å². The van der Waals surface area contributed by atoms with E-state index in [0.717, 1.165) is 0 Å². The van der Waals surface area contributed by atoms with Gasteiger partial charge in [0.05, 0.1) is 23.1 Å². The first-order valence-corrected chi connectivity index (χ1v) is 7.85. The summed E-state index contributed by atoms with van der Waals surface area (Å²) in [5.41, 5.74) is 1.44. The van der Waals surface area contributed by atoms with E-state index in [4.69, 9.17) is 5.26 Å². The fourth-order valence-corrected chi connectivity index (χ4v) is 3.14. The van der Waals surface area contributed by atoms with E-state index in [9.17, 15) is 13.5 Å². The molecule has 0 atom stereocenters. The van der Waals surface area contributed by atoms with E-state index in [-0.39, 0.29) is 17.2 Å². The lowest BCUT2D eigenvalue weighted by Crippen LogP contribution is -2.16. The molecule has 6 heteroatoms. The second-order valence-electron chi connectivity index (χ2n) is 4.60. The molecule has 0 saturated heterocycles. The number of sulfonamides is 1. The van der Waals surface area contributed by atoms with Gasteiger partial charge in [-0.1, -0.05) is 30.3 Å². The molecule has 0 aliphatic carbocycles. The van der Waals surface area contributed by atoms with Crippen LogP contribution in [0.3, 0.4) is 0 Å². The first-order chi connectivity index (χ1) is 9.93. The summed E-state index contributed by atoms with van der Waals surface area (Å²) in [4.78, 5) is 0. The Balaban J connectivity index is 2.28. The van der Waals surface area contributed by atoms with E-state index < -0.39 is 10.0 Å². The highest BCUT2D eigenvalue weighted by molar-refractivity contribution is 7.91. The van der Waals surface area contributed by atoms with Crippen LogP contribution in [0.25, 0.3) is 0 Å². The third kappa shape index (κ3) is 3.52. The molecule has 0 aliphatic heterocycles. The molecule has 0 spiro atoms. The maximum atomic E-state index is 12.2. The molecule has 2 rings (SSSR count). The predicted octanol–water partition coefficient (Wildman–Crippen LogP) is 2.51. The minimum atomic E-state index is -3.72. The van der Waals surface area contributed by atoms with Crippen molar-refractivity contribution in [3.05, 3.63) is 59.2 Å². The number of benzene rings is 2. The number of phenolic OH excluding ortho intramolecular Hbond substituents is 1. The van der Waals surface area contributed by atoms with Gasteiger partial charge in [0.2, 0.25) is 10.0 Å². The second kappa shape index (κ2) is 5.85. The van der Waals surface area contributed by atoms with Crippen LogP contribution < -0.4 is 4.72 Å². The van der Waals surface area contributed by atoms with Crippen molar-refractivity contribution in [3.63, 3.8) is 0 Å². The Morgan fingerprint density at radius 1 is 1.19 bits per heavy atom. The van der Waals surface area contributed by atoms with Crippen molar-refractivity contribution >= 4 is 15.7 Å². The Morgan fingerprint density at radius 3 is 2.62 bits per heavy atom. The number of para-hydroxylation sites is 1. The molecule has 108 valence electrons. The Morgan fingerprint density at radius 2 is 1.90 bits per heavy atom. The van der Waals surface area contributed by atoms with Gasteiger partial charge in [-0.05, 0) is 30.2 Å². The van der Waals surface area contributed by atoms with Crippen molar-refractivity contribution in [2.24, 2.45) is 0 Å². The van der Waals surface area contributed by atoms with Crippen molar-refractivity contribution in [1.82, 2.24) is 0 Å². The second-order valence-corrected chi connectivity index (χ2v) is 6.32. The van der Waals surface area contributed by atoms with Crippen molar-refractivity contribution in [2.75, 3.05) is 4.72 Å². The van der Waals surface area contributed by atoms with Crippen LogP contribution in [0.4, 0.5) is 5.69 Å². The molecule has 0 bridgehead atoms. The van der Waals surface area contributed by atoms with E-state index in [2.05, 4.69) is 4.72 Å². The monoisotopic (exact) mass is 302 g/mol. The summed E-state index contributed by atoms with van der Waals surface area (Å²) >= 11 is 0. The number of phenols is 1. The van der Waals surface area contributed by atoms with Crippen LogP contribution in [0.15, 0.2) is 42.5 Å². The average Bonchev–Trinajstić information content (AvgIpc) is 2.44. The normalized spacial score (nSPS) is 10.9. The van der Waals surface area contributed by atoms with Crippen LogP contribution in [0.1, 0.15) is 16.7 Å². The molecule has 5 nitrogen and oxygen atoms in total. The summed E-state index contributed by atoms with van der Waals surface area (Å²) < 4.78 is 26.7. The molecule has 0 amide bonds. The van der Waals surface area contributed by atoms with Crippen LogP contribution in [0, 0.1) is 18.3 Å². The smallest absolute Gasteiger partial charge is 0.237 e. The standard InChI is InChI=1S/C15H14N2O3S/c1-11-5-4-8-14(15(11)18)17-21(19,20)10-13-7-3-2-6-12(13)9-16/h2-8,17-18H,10H2,1H3. The van der Waals surface area contributed by atoms with Crippen LogP contribution in [0.2, 0.25) is 0 Å². The van der Waals surface area contributed by atoms with E-state index in [1.165, 1.54) is 6.07 Å². The van der Waals surface area contributed by atoms with Crippen LogP contribution >= 0.6 is 0 Å². The Bertz CT molecular complexity index is 808. The van der Waals surface area contributed by atoms with Crippen molar-refractivity contribution < 1.29 is 13.5 Å². The minimum Gasteiger partial charge on any atom is -0.505 e. The Kier molecular flexibility index (Phi) is 4.15. The summed E-state index contributed by atoms with van der Waals surface area (Å²) in [5, 5.41) is 18.8. The van der Waals surface area contributed by atoms with Crippen molar-refractivity contribution in [3.8, 4) is 11.8 Å². The lowest BCUT2D eigenvalue weighted by molar-refractivity contribution is 0.473. The number of nitrogens with one attached hydrogen (secondary N) is 1. The quantitative estimate of drug-likeness (QED) is 0.849. The van der Waals surface area contributed by atoms with Gasteiger partial charge in [-0.3, -0.25) is 4.72 Å². The third-order valence-corrected chi connectivity index (χ3v) is 4.21. The summed E-state index contributed by atoms with van der Waals surface area (Å²) in [7, 11) is -3.72. The van der Waals surface area contributed by atoms with Crippen molar-refractivity contribution in [1.29, 1.82) is 5.26 Å². The fraction of sp³-hybridized carbons (Fsp3) is 0.133. The number of nitriles is 1. The SMILES string of the molecule is Cc1cccc(NS(=O)(=O)Cc2ccccc2C#N)c1O. The van der Waals surface area contributed by atoms with Gasteiger partial charge in [0.15, 0.2) is 0 Å². The average molecular weight is 302 g/mol. The fourth-order valence-electron chi connectivity index (χ4n) is 1.90. The maximum Gasteiger partial charge on any atom is 0.237 e. The molecular weight excluding hydrogens is 288 g/mol. The van der Waals surface area contributed by atoms with E-state index in [1.807, 2.05) is 6.07 Å². The number of rotatable bonds is 4. The van der Waals surface area contributed by atoms with Gasteiger partial charge in [0.25, 0.3) is 0 Å². The topological polar surface area (TPSA) is 90.2 Å². The highest BCUT2D eigenvalue weighted by Gasteiger charge is 2.16. The molecule has 2 aromatic rings. The van der Waals surface area contributed by atoms with Crippen LogP contribution in [0.5, 0.6) is 5.75 Å². The van der Waals surface area contributed by atoms with Gasteiger partial charge in [-0.2, -0.15) is 5.26 Å². The largest absolute Gasteiger partial charge is 0.505 e. The maximum absolute atomic E-state index is 12.2. The number of hydrogen-bond acceptors (Lipinski definition) is 4. The first kappa shape index (κ1) is 14.9. The zero-order valence-electron chi connectivity index (χ0n) is 11.4. The molecule has 21 heavy (non-hydrogen) atoms. The zero-order valence-corrected chi connectivity index (χ0v) is 12.2. The minimum absolute atomic E-state index is 0.102. The summed E-state index contributed by atoms with van der Waals surface area (Å²) in [6.07, 6.45) is 0. The number of hydrogen-bond donors (Lipinski definition) is 2. The van der Waals surface area contributed by atoms with Gasteiger partial charge in [-0.25, -0.2) is 8.42 Å². The van der Waals surface area contributed by atoms with E-state index in [1.54, 1.807) is 43.3 Å². The molecule has 0 fully saturated rings. The summed E-state index contributed by atoms with van der Waals surface area (Å²) in [6.45, 7) is 1.68. The van der Waals surface area contributed by atoms with Gasteiger partial charge in [0.1, 0.15) is 5.75 Å². The number of aryl methyl sites for hydroxylation is 1. The van der Waals surface area contributed by atoms with Gasteiger partial charge < -0.3 is 5.11 Å². The number of aromatic hydroxyl groups is 1. The summed E-state index contributed by atoms with van der Waals surface area (Å²) in [6, 6.07) is 13.3. The van der Waals surface area contributed by atoms with E-state index in [0.29, 0.717) is 16.7 Å². The van der Waals surface area contributed by atoms with Crippen LogP contribution in [-0.4, -0.2) is 13.5 Å². The molecule has 0 radical (unpaired) electrons. The molecule has 2 aromatic carbocycles. The molecule has 0 aliphatic rings. The lowest BCUT2D eigenvalue weighted by atomic mass is 10.1. The van der Waals surface area contributed by atoms with Crippen molar-refractivity contribution in [2.45, 2.75) is 12.7 Å². The van der Waals surface area contributed by atoms with Gasteiger partial charge >= 0.3 is 0 Å². The lowest BCUT2D eigenvalue weighted by Gasteiger charge is -2.11. The molecular formula is C15H14N2O3S. The number of anilines is 1. The van der Waals surface area contributed by atoms with Crippen LogP contribution in [-0.2, 0) is 15.8 Å². The molecule has 0 unspecified atom stereocenters. The Hall–Kier alpha value is -2.52. The zero-order chi connectivity index (χ0) is 15.5. The predicted molar refractivity (Wildman–Crippen MR) is 80.2 cm³/mol. The van der Waals surface area contributed by atoms with E-state index >= 15 is 0 Å². The highest BCUT2D eigenvalue weighted by Crippen LogP contribution is 2.28. The van der Waals surface area contributed by atoms with Gasteiger partial charge in [0, 0.05) is 0 Å².